The average Bonchev–Trinajstić information content (AvgIpc) is 3.66. The quantitative estimate of drug-likeness (QED) is 0.299. The van der Waals surface area contributed by atoms with E-state index < -0.39 is 10.0 Å². The largest absolute Gasteiger partial charge is 0.335 e. The number of aromatic nitrogens is 1. The van der Waals surface area contributed by atoms with Crippen molar-refractivity contribution in [3.63, 3.8) is 0 Å². The number of carbonyl (C=O) groups excluding carboxylic acids is 2. The first kappa shape index (κ1) is 33.0. The zero-order chi connectivity index (χ0) is 32.8. The van der Waals surface area contributed by atoms with Crippen LogP contribution in [0.2, 0.25) is 0 Å². The number of piperidine rings is 1. The predicted octanol–water partition coefficient (Wildman–Crippen LogP) is 4.18. The minimum absolute atomic E-state index is 0.0670. The molecule has 11 heteroatoms. The second-order valence-corrected chi connectivity index (χ2v) is 14.8. The van der Waals surface area contributed by atoms with Crippen LogP contribution in [0.4, 0.5) is 0 Å². The van der Waals surface area contributed by atoms with Crippen molar-refractivity contribution in [2.75, 3.05) is 52.4 Å². The molecule has 0 N–H and O–H groups in total. The summed E-state index contributed by atoms with van der Waals surface area (Å²) < 4.78 is 27.2. The molecule has 3 aliphatic heterocycles. The van der Waals surface area contributed by atoms with E-state index in [0.29, 0.717) is 79.9 Å². The minimum atomic E-state index is -3.42. The van der Waals surface area contributed by atoms with Crippen molar-refractivity contribution < 1.29 is 18.0 Å². The van der Waals surface area contributed by atoms with Crippen molar-refractivity contribution in [2.24, 2.45) is 5.92 Å². The van der Waals surface area contributed by atoms with Crippen LogP contribution >= 0.6 is 0 Å². The number of Topliss-reactive ketones (excluding diaryl/α,β-unsaturated/α-hetero) is 1. The highest BCUT2D eigenvalue weighted by Gasteiger charge is 2.28. The monoisotopic (exact) mass is 654 g/mol. The van der Waals surface area contributed by atoms with E-state index in [4.69, 9.17) is 5.26 Å². The smallest absolute Gasteiger partial charge is 0.272 e. The number of carbonyl (C=O) groups is 2. The Morgan fingerprint density at radius 1 is 0.766 bits per heavy atom. The molecule has 0 unspecified atom stereocenters. The summed E-state index contributed by atoms with van der Waals surface area (Å²) in [5.74, 6) is 0.269. The third-order valence-corrected chi connectivity index (χ3v) is 11.6. The van der Waals surface area contributed by atoms with Crippen LogP contribution in [0.5, 0.6) is 0 Å². The SMILES string of the molecule is N#Cc1ccc(CN2CCC(CC(=O)c3ccc(C(=O)N4CCN(Cc5ccc(S(=O)(=O)N6CCCC6)cc5)CC4)nc3)CC2)cc1. The molecule has 0 radical (unpaired) electrons. The van der Waals surface area contributed by atoms with Crippen LogP contribution in [0.25, 0.3) is 0 Å². The van der Waals surface area contributed by atoms with Crippen LogP contribution in [0.1, 0.15) is 69.6 Å². The molecular formula is C36H42N6O4S. The number of pyridine rings is 1. The lowest BCUT2D eigenvalue weighted by Crippen LogP contribution is -2.48. The summed E-state index contributed by atoms with van der Waals surface area (Å²) >= 11 is 0. The molecule has 4 heterocycles. The highest BCUT2D eigenvalue weighted by molar-refractivity contribution is 7.89. The Kier molecular flexibility index (Phi) is 10.4. The Bertz CT molecular complexity index is 1680. The lowest BCUT2D eigenvalue weighted by atomic mass is 9.90. The first-order valence-corrected chi connectivity index (χ1v) is 18.0. The zero-order valence-electron chi connectivity index (χ0n) is 26.8. The summed E-state index contributed by atoms with van der Waals surface area (Å²) in [6.07, 6.45) is 5.78. The molecule has 3 aliphatic rings. The summed E-state index contributed by atoms with van der Waals surface area (Å²) in [5.41, 5.74) is 3.80. The van der Waals surface area contributed by atoms with Gasteiger partial charge in [-0.25, -0.2) is 8.42 Å². The molecule has 3 fully saturated rings. The maximum absolute atomic E-state index is 13.2. The van der Waals surface area contributed by atoms with E-state index in [1.165, 1.54) is 5.56 Å². The van der Waals surface area contributed by atoms with Crippen molar-refractivity contribution in [2.45, 2.75) is 50.1 Å². The summed E-state index contributed by atoms with van der Waals surface area (Å²) in [7, 11) is -3.42. The molecule has 0 saturated carbocycles. The van der Waals surface area contributed by atoms with Gasteiger partial charge in [0.2, 0.25) is 10.0 Å². The Hall–Kier alpha value is -3.95. The normalized spacial score (nSPS) is 18.7. The van der Waals surface area contributed by atoms with Gasteiger partial charge in [-0.3, -0.25) is 24.4 Å². The molecule has 0 aliphatic carbocycles. The van der Waals surface area contributed by atoms with E-state index in [1.807, 2.05) is 36.4 Å². The Morgan fingerprint density at radius 2 is 1.36 bits per heavy atom. The average molecular weight is 655 g/mol. The van der Waals surface area contributed by atoms with E-state index in [2.05, 4.69) is 20.9 Å². The summed E-state index contributed by atoms with van der Waals surface area (Å²) in [4.78, 5) is 37.4. The molecule has 1 amide bonds. The summed E-state index contributed by atoms with van der Waals surface area (Å²) in [6.45, 7) is 7.17. The van der Waals surface area contributed by atoms with Gasteiger partial charge in [0, 0.05) is 70.5 Å². The topological polar surface area (TPSA) is 118 Å². The van der Waals surface area contributed by atoms with E-state index in [-0.39, 0.29) is 11.7 Å². The highest BCUT2D eigenvalue weighted by Crippen LogP contribution is 2.25. The summed E-state index contributed by atoms with van der Waals surface area (Å²) in [6, 6.07) is 20.4. The van der Waals surface area contributed by atoms with Gasteiger partial charge in [-0.1, -0.05) is 24.3 Å². The zero-order valence-corrected chi connectivity index (χ0v) is 27.6. The molecule has 47 heavy (non-hydrogen) atoms. The number of amides is 1. The van der Waals surface area contributed by atoms with Gasteiger partial charge in [-0.2, -0.15) is 9.57 Å². The Balaban J connectivity index is 0.928. The molecule has 0 bridgehead atoms. The van der Waals surface area contributed by atoms with Crippen molar-refractivity contribution in [1.29, 1.82) is 5.26 Å². The third-order valence-electron chi connectivity index (χ3n) is 9.67. The van der Waals surface area contributed by atoms with Gasteiger partial charge in [0.15, 0.2) is 5.78 Å². The third kappa shape index (κ3) is 8.14. The number of nitrogens with zero attached hydrogens (tertiary/aromatic N) is 6. The number of ketones is 1. The number of rotatable bonds is 10. The first-order chi connectivity index (χ1) is 22.8. The molecular weight excluding hydrogens is 613 g/mol. The molecule has 10 nitrogen and oxygen atoms in total. The van der Waals surface area contributed by atoms with Crippen LogP contribution in [-0.2, 0) is 23.1 Å². The molecule has 0 atom stereocenters. The van der Waals surface area contributed by atoms with E-state index in [0.717, 1.165) is 50.9 Å². The number of benzene rings is 2. The number of hydrogen-bond donors (Lipinski definition) is 0. The lowest BCUT2D eigenvalue weighted by molar-refractivity contribution is 0.0622. The maximum Gasteiger partial charge on any atom is 0.272 e. The predicted molar refractivity (Wildman–Crippen MR) is 178 cm³/mol. The number of piperazine rings is 1. The van der Waals surface area contributed by atoms with Crippen LogP contribution < -0.4 is 0 Å². The number of likely N-dealkylation sites (tertiary alicyclic amines) is 1. The van der Waals surface area contributed by atoms with Crippen LogP contribution in [0, 0.1) is 17.2 Å². The fourth-order valence-corrected chi connectivity index (χ4v) is 8.25. The molecule has 3 saturated heterocycles. The van der Waals surface area contributed by atoms with Gasteiger partial charge < -0.3 is 4.90 Å². The number of nitriles is 1. The first-order valence-electron chi connectivity index (χ1n) is 16.6. The molecule has 3 aromatic rings. The van der Waals surface area contributed by atoms with Gasteiger partial charge in [0.25, 0.3) is 5.91 Å². The van der Waals surface area contributed by atoms with Crippen molar-refractivity contribution >= 4 is 21.7 Å². The second kappa shape index (κ2) is 14.9. The highest BCUT2D eigenvalue weighted by atomic mass is 32.2. The van der Waals surface area contributed by atoms with Crippen molar-refractivity contribution in [3.05, 3.63) is 94.8 Å². The van der Waals surface area contributed by atoms with Crippen molar-refractivity contribution in [3.8, 4) is 6.07 Å². The van der Waals surface area contributed by atoms with Gasteiger partial charge in [0.1, 0.15) is 5.69 Å². The Morgan fingerprint density at radius 3 is 1.94 bits per heavy atom. The summed E-state index contributed by atoms with van der Waals surface area (Å²) in [5, 5.41) is 8.99. The van der Waals surface area contributed by atoms with E-state index >= 15 is 0 Å². The molecule has 0 spiro atoms. The Labute approximate surface area is 277 Å². The minimum Gasteiger partial charge on any atom is -0.335 e. The number of sulfonamides is 1. The van der Waals surface area contributed by atoms with E-state index in [1.54, 1.807) is 39.7 Å². The van der Waals surface area contributed by atoms with Gasteiger partial charge in [-0.15, -0.1) is 0 Å². The maximum atomic E-state index is 13.2. The molecule has 1 aromatic heterocycles. The molecule has 2 aromatic carbocycles. The van der Waals surface area contributed by atoms with Gasteiger partial charge in [-0.05, 0) is 92.2 Å². The standard InChI is InChI=1S/C36H42N6O4S/c37-24-29-3-5-30(6-4-29)26-39-17-13-28(14-18-39)23-35(43)32-9-12-34(38-25-32)36(44)41-21-19-40(20-22-41)27-31-7-10-33(11-8-31)47(45,46)42-15-1-2-16-42/h3-12,25,28H,1-2,13-23,26-27H2. The fourth-order valence-electron chi connectivity index (χ4n) is 6.73. The van der Waals surface area contributed by atoms with Gasteiger partial charge >= 0.3 is 0 Å². The second-order valence-electron chi connectivity index (χ2n) is 12.9. The van der Waals surface area contributed by atoms with E-state index in [9.17, 15) is 18.0 Å². The molecule has 6 rings (SSSR count). The lowest BCUT2D eigenvalue weighted by Gasteiger charge is -2.34. The number of hydrogen-bond acceptors (Lipinski definition) is 8. The fraction of sp³-hybridized carbons (Fsp3) is 0.444. The van der Waals surface area contributed by atoms with Gasteiger partial charge in [0.05, 0.1) is 16.5 Å². The van der Waals surface area contributed by atoms with Crippen LogP contribution in [-0.4, -0.2) is 96.5 Å². The van der Waals surface area contributed by atoms with Crippen molar-refractivity contribution in [1.82, 2.24) is 24.0 Å². The van der Waals surface area contributed by atoms with Crippen LogP contribution in [0.3, 0.4) is 0 Å². The molecule has 246 valence electrons. The van der Waals surface area contributed by atoms with Crippen LogP contribution in [0.15, 0.2) is 71.8 Å².